The van der Waals surface area contributed by atoms with Crippen LogP contribution in [0.25, 0.3) is 0 Å². The lowest BCUT2D eigenvalue weighted by atomic mass is 10.2. The molecule has 1 heterocycles. The second-order valence-corrected chi connectivity index (χ2v) is 6.01. The van der Waals surface area contributed by atoms with Gasteiger partial charge >= 0.3 is 5.97 Å². The SMILES string of the molecule is CCc1nc(COc2ccc(I)cc2C(=O)O)cs1. The highest BCUT2D eigenvalue weighted by molar-refractivity contribution is 14.1. The van der Waals surface area contributed by atoms with E-state index in [1.807, 2.05) is 18.4 Å². The van der Waals surface area contributed by atoms with Gasteiger partial charge in [0.25, 0.3) is 0 Å². The number of thiazole rings is 1. The van der Waals surface area contributed by atoms with E-state index in [0.29, 0.717) is 5.75 Å². The average Bonchev–Trinajstić information content (AvgIpc) is 2.85. The van der Waals surface area contributed by atoms with Crippen LogP contribution in [0.1, 0.15) is 28.0 Å². The van der Waals surface area contributed by atoms with Crippen molar-refractivity contribution in [2.75, 3.05) is 0 Å². The highest BCUT2D eigenvalue weighted by Crippen LogP contribution is 2.22. The van der Waals surface area contributed by atoms with Gasteiger partial charge in [0.2, 0.25) is 0 Å². The molecule has 19 heavy (non-hydrogen) atoms. The Morgan fingerprint density at radius 3 is 2.95 bits per heavy atom. The predicted molar refractivity (Wildman–Crippen MR) is 81.9 cm³/mol. The number of hydrogen-bond donors (Lipinski definition) is 1. The largest absolute Gasteiger partial charge is 0.486 e. The molecule has 100 valence electrons. The van der Waals surface area contributed by atoms with E-state index >= 15 is 0 Å². The van der Waals surface area contributed by atoms with Crippen LogP contribution in [-0.4, -0.2) is 16.1 Å². The van der Waals surface area contributed by atoms with Crippen molar-refractivity contribution in [1.29, 1.82) is 0 Å². The first kappa shape index (κ1) is 14.3. The maximum Gasteiger partial charge on any atom is 0.339 e. The summed E-state index contributed by atoms with van der Waals surface area (Å²) in [6.07, 6.45) is 0.897. The van der Waals surface area contributed by atoms with E-state index in [1.54, 1.807) is 23.5 Å². The van der Waals surface area contributed by atoms with Gasteiger partial charge in [-0.3, -0.25) is 0 Å². The van der Waals surface area contributed by atoms with E-state index in [-0.39, 0.29) is 12.2 Å². The predicted octanol–water partition coefficient (Wildman–Crippen LogP) is 3.59. The van der Waals surface area contributed by atoms with Crippen molar-refractivity contribution in [3.8, 4) is 5.75 Å². The third-order valence-electron chi connectivity index (χ3n) is 2.45. The van der Waals surface area contributed by atoms with Crippen LogP contribution in [0.15, 0.2) is 23.6 Å². The van der Waals surface area contributed by atoms with E-state index in [0.717, 1.165) is 20.7 Å². The number of aryl methyl sites for hydroxylation is 1. The Hall–Kier alpha value is -1.15. The fourth-order valence-electron chi connectivity index (χ4n) is 1.52. The molecule has 2 rings (SSSR count). The molecule has 0 amide bonds. The molecule has 6 heteroatoms. The molecule has 2 aromatic rings. The molecule has 0 unspecified atom stereocenters. The van der Waals surface area contributed by atoms with Gasteiger partial charge in [0.1, 0.15) is 17.9 Å². The highest BCUT2D eigenvalue weighted by Gasteiger charge is 2.12. The quantitative estimate of drug-likeness (QED) is 0.795. The summed E-state index contributed by atoms with van der Waals surface area (Å²) in [4.78, 5) is 15.5. The summed E-state index contributed by atoms with van der Waals surface area (Å²) in [6, 6.07) is 5.09. The van der Waals surface area contributed by atoms with Crippen LogP contribution in [0.2, 0.25) is 0 Å². The summed E-state index contributed by atoms with van der Waals surface area (Å²) in [7, 11) is 0. The number of carboxylic acids is 1. The molecular formula is C13H12INO3S. The van der Waals surface area contributed by atoms with Crippen molar-refractivity contribution >= 4 is 39.9 Å². The van der Waals surface area contributed by atoms with Gasteiger partial charge < -0.3 is 9.84 Å². The van der Waals surface area contributed by atoms with Gasteiger partial charge in [-0.05, 0) is 47.2 Å². The lowest BCUT2D eigenvalue weighted by Crippen LogP contribution is -2.04. The summed E-state index contributed by atoms with van der Waals surface area (Å²) in [5, 5.41) is 12.1. The highest BCUT2D eigenvalue weighted by atomic mass is 127. The molecule has 0 aliphatic heterocycles. The number of ether oxygens (including phenoxy) is 1. The Kier molecular flexibility index (Phi) is 4.76. The molecule has 1 aromatic carbocycles. The number of rotatable bonds is 5. The van der Waals surface area contributed by atoms with Gasteiger partial charge in [-0.25, -0.2) is 9.78 Å². The lowest BCUT2D eigenvalue weighted by Gasteiger charge is -2.08. The van der Waals surface area contributed by atoms with Gasteiger partial charge in [-0.15, -0.1) is 11.3 Å². The van der Waals surface area contributed by atoms with Crippen LogP contribution in [-0.2, 0) is 13.0 Å². The molecule has 0 aliphatic rings. The standard InChI is InChI=1S/C13H12INO3S/c1-2-12-15-9(7-19-12)6-18-11-4-3-8(14)5-10(11)13(16)17/h3-5,7H,2,6H2,1H3,(H,16,17). The molecule has 0 aliphatic carbocycles. The number of nitrogens with zero attached hydrogens (tertiary/aromatic N) is 1. The second-order valence-electron chi connectivity index (χ2n) is 3.82. The summed E-state index contributed by atoms with van der Waals surface area (Å²) < 4.78 is 6.42. The Morgan fingerprint density at radius 2 is 2.32 bits per heavy atom. The van der Waals surface area contributed by atoms with Gasteiger partial charge in [-0.1, -0.05) is 6.92 Å². The van der Waals surface area contributed by atoms with Gasteiger partial charge in [-0.2, -0.15) is 0 Å². The molecule has 0 saturated heterocycles. The number of carboxylic acid groups (broad SMARTS) is 1. The maximum absolute atomic E-state index is 11.1. The van der Waals surface area contributed by atoms with E-state index < -0.39 is 5.97 Å². The molecule has 0 radical (unpaired) electrons. The minimum atomic E-state index is -0.985. The van der Waals surface area contributed by atoms with Crippen molar-refractivity contribution in [2.45, 2.75) is 20.0 Å². The summed E-state index contributed by atoms with van der Waals surface area (Å²) in [5.41, 5.74) is 1.01. The average molecular weight is 389 g/mol. The van der Waals surface area contributed by atoms with Crippen LogP contribution >= 0.6 is 33.9 Å². The Labute approximate surface area is 128 Å². The van der Waals surface area contributed by atoms with Crippen LogP contribution in [0.4, 0.5) is 0 Å². The fraction of sp³-hybridized carbons (Fsp3) is 0.231. The van der Waals surface area contributed by atoms with E-state index in [2.05, 4.69) is 27.6 Å². The van der Waals surface area contributed by atoms with Crippen molar-refractivity contribution in [3.63, 3.8) is 0 Å². The number of hydrogen-bond acceptors (Lipinski definition) is 4. The summed E-state index contributed by atoms with van der Waals surface area (Å²) in [6.45, 7) is 2.34. The third kappa shape index (κ3) is 3.66. The number of carbonyl (C=O) groups is 1. The van der Waals surface area contributed by atoms with Crippen molar-refractivity contribution in [3.05, 3.63) is 43.4 Å². The molecule has 1 aromatic heterocycles. The molecular weight excluding hydrogens is 377 g/mol. The number of halogens is 1. The monoisotopic (exact) mass is 389 g/mol. The fourth-order valence-corrected chi connectivity index (χ4v) is 2.75. The van der Waals surface area contributed by atoms with Crippen LogP contribution in [0, 0.1) is 3.57 Å². The topological polar surface area (TPSA) is 59.4 Å². The Balaban J connectivity index is 2.12. The molecule has 4 nitrogen and oxygen atoms in total. The molecule has 0 saturated carbocycles. The minimum Gasteiger partial charge on any atom is -0.486 e. The van der Waals surface area contributed by atoms with Gasteiger partial charge in [0.05, 0.1) is 10.7 Å². The zero-order chi connectivity index (χ0) is 13.8. The first-order valence-electron chi connectivity index (χ1n) is 5.69. The minimum absolute atomic E-state index is 0.179. The first-order chi connectivity index (χ1) is 9.10. The van der Waals surface area contributed by atoms with E-state index in [9.17, 15) is 4.79 Å². The van der Waals surface area contributed by atoms with Crippen LogP contribution in [0.3, 0.4) is 0 Å². The number of aromatic carboxylic acids is 1. The Morgan fingerprint density at radius 1 is 1.53 bits per heavy atom. The smallest absolute Gasteiger partial charge is 0.339 e. The lowest BCUT2D eigenvalue weighted by molar-refractivity contribution is 0.0691. The normalized spacial score (nSPS) is 10.4. The molecule has 0 atom stereocenters. The van der Waals surface area contributed by atoms with Crippen LogP contribution < -0.4 is 4.74 Å². The number of aromatic nitrogens is 1. The zero-order valence-electron chi connectivity index (χ0n) is 10.2. The maximum atomic E-state index is 11.1. The summed E-state index contributed by atoms with van der Waals surface area (Å²) >= 11 is 3.66. The van der Waals surface area contributed by atoms with Crippen molar-refractivity contribution < 1.29 is 14.6 Å². The van der Waals surface area contributed by atoms with Crippen molar-refractivity contribution in [1.82, 2.24) is 4.98 Å². The van der Waals surface area contributed by atoms with Crippen molar-refractivity contribution in [2.24, 2.45) is 0 Å². The van der Waals surface area contributed by atoms with E-state index in [1.165, 1.54) is 0 Å². The molecule has 1 N–H and O–H groups in total. The number of benzene rings is 1. The van der Waals surface area contributed by atoms with Gasteiger partial charge in [0, 0.05) is 8.95 Å². The van der Waals surface area contributed by atoms with Gasteiger partial charge in [0.15, 0.2) is 0 Å². The second kappa shape index (κ2) is 6.33. The third-order valence-corrected chi connectivity index (χ3v) is 4.16. The Bertz CT molecular complexity index is 597. The molecule has 0 bridgehead atoms. The molecule has 0 fully saturated rings. The van der Waals surface area contributed by atoms with E-state index in [4.69, 9.17) is 9.84 Å². The first-order valence-corrected chi connectivity index (χ1v) is 7.65. The van der Waals surface area contributed by atoms with Crippen LogP contribution in [0.5, 0.6) is 5.75 Å². The zero-order valence-corrected chi connectivity index (χ0v) is 13.2. The molecule has 0 spiro atoms. The summed E-state index contributed by atoms with van der Waals surface area (Å²) in [5.74, 6) is -0.611.